The van der Waals surface area contributed by atoms with Crippen LogP contribution in [0.4, 0.5) is 0 Å². The molecule has 1 atom stereocenters. The first kappa shape index (κ1) is 24.5. The first-order valence-corrected chi connectivity index (χ1v) is 11.1. The first-order valence-electron chi connectivity index (χ1n) is 11.1. The molecule has 1 aromatic heterocycles. The normalized spacial score (nSPS) is 12.1. The zero-order valence-corrected chi connectivity index (χ0v) is 19.2. The molecule has 0 spiro atoms. The lowest BCUT2D eigenvalue weighted by Crippen LogP contribution is -2.45. The summed E-state index contributed by atoms with van der Waals surface area (Å²) >= 11 is 0. The summed E-state index contributed by atoms with van der Waals surface area (Å²) in [5.74, 6) is -1.13. The van der Waals surface area contributed by atoms with Crippen molar-refractivity contribution in [3.8, 4) is 0 Å². The highest BCUT2D eigenvalue weighted by molar-refractivity contribution is 6.06. The lowest BCUT2D eigenvalue weighted by Gasteiger charge is -2.20. The maximum Gasteiger partial charge on any atom is 0.328 e. The Morgan fingerprint density at radius 1 is 0.941 bits per heavy atom. The van der Waals surface area contributed by atoms with Crippen molar-refractivity contribution in [2.75, 3.05) is 0 Å². The third-order valence-corrected chi connectivity index (χ3v) is 4.88. The summed E-state index contributed by atoms with van der Waals surface area (Å²) in [6.45, 7) is 3.99. The van der Waals surface area contributed by atoms with Gasteiger partial charge in [-0.3, -0.25) is 9.59 Å². The molecule has 2 amide bonds. The number of nitrogens with one attached hydrogen (secondary N) is 2. The van der Waals surface area contributed by atoms with Crippen molar-refractivity contribution in [3.05, 3.63) is 102 Å². The molecule has 0 fully saturated rings. The van der Waals surface area contributed by atoms with E-state index in [-0.39, 0.29) is 18.2 Å². The Kier molecular flexibility index (Phi) is 8.80. The molecule has 0 aliphatic carbocycles. The van der Waals surface area contributed by atoms with Gasteiger partial charge >= 0.3 is 5.97 Å². The molecule has 7 heteroatoms. The quantitative estimate of drug-likeness (QED) is 0.347. The zero-order chi connectivity index (χ0) is 24.3. The van der Waals surface area contributed by atoms with Crippen LogP contribution in [0.1, 0.15) is 41.9 Å². The van der Waals surface area contributed by atoms with Crippen molar-refractivity contribution in [2.24, 2.45) is 5.92 Å². The molecule has 0 radical (unpaired) electrons. The van der Waals surface area contributed by atoms with Crippen LogP contribution < -0.4 is 10.6 Å². The minimum atomic E-state index is -0.884. The van der Waals surface area contributed by atoms with Gasteiger partial charge in [0, 0.05) is 11.6 Å². The molecule has 2 N–H and O–H groups in total. The molecule has 0 saturated heterocycles. The summed E-state index contributed by atoms with van der Waals surface area (Å²) in [4.78, 5) is 38.7. The van der Waals surface area contributed by atoms with E-state index in [4.69, 9.17) is 9.15 Å². The van der Waals surface area contributed by atoms with Crippen LogP contribution in [0, 0.1) is 5.92 Å². The summed E-state index contributed by atoms with van der Waals surface area (Å²) < 4.78 is 10.8. The van der Waals surface area contributed by atoms with E-state index in [1.807, 2.05) is 44.2 Å². The van der Waals surface area contributed by atoms with Crippen LogP contribution >= 0.6 is 0 Å². The van der Waals surface area contributed by atoms with E-state index in [1.165, 1.54) is 12.3 Å². The largest absolute Gasteiger partial charge is 0.465 e. The molecular formula is C27H28N2O5. The van der Waals surface area contributed by atoms with E-state index in [1.54, 1.807) is 42.5 Å². The van der Waals surface area contributed by atoms with E-state index >= 15 is 0 Å². The van der Waals surface area contributed by atoms with Gasteiger partial charge < -0.3 is 19.8 Å². The van der Waals surface area contributed by atoms with Crippen LogP contribution in [-0.4, -0.2) is 23.8 Å². The molecule has 0 aliphatic rings. The molecule has 1 heterocycles. The number of carbonyl (C=O) groups excluding carboxylic acids is 3. The minimum Gasteiger partial charge on any atom is -0.465 e. The van der Waals surface area contributed by atoms with Crippen LogP contribution in [0.5, 0.6) is 0 Å². The molecule has 0 unspecified atom stereocenters. The molecule has 3 aromatic rings. The smallest absolute Gasteiger partial charge is 0.328 e. The summed E-state index contributed by atoms with van der Waals surface area (Å²) in [6, 6.07) is 20.3. The molecule has 0 aliphatic heterocycles. The van der Waals surface area contributed by atoms with Crippen molar-refractivity contribution in [2.45, 2.75) is 32.9 Å². The van der Waals surface area contributed by atoms with Crippen molar-refractivity contribution < 1.29 is 23.5 Å². The van der Waals surface area contributed by atoms with E-state index < -0.39 is 23.8 Å². The van der Waals surface area contributed by atoms with Crippen LogP contribution in [0.25, 0.3) is 6.08 Å². The predicted molar refractivity (Wildman–Crippen MR) is 128 cm³/mol. The molecule has 2 aromatic carbocycles. The van der Waals surface area contributed by atoms with Gasteiger partial charge in [-0.1, -0.05) is 62.4 Å². The van der Waals surface area contributed by atoms with E-state index in [2.05, 4.69) is 10.6 Å². The highest BCUT2D eigenvalue weighted by Gasteiger charge is 2.26. The Balaban J connectivity index is 1.75. The number of hydrogen-bond donors (Lipinski definition) is 2. The van der Waals surface area contributed by atoms with Gasteiger partial charge in [0.25, 0.3) is 11.8 Å². The number of carbonyl (C=O) groups is 3. The van der Waals surface area contributed by atoms with Gasteiger partial charge in [0.15, 0.2) is 0 Å². The van der Waals surface area contributed by atoms with E-state index in [0.717, 1.165) is 5.56 Å². The number of furan rings is 1. The van der Waals surface area contributed by atoms with Gasteiger partial charge in [-0.15, -0.1) is 0 Å². The molecule has 0 saturated carbocycles. The number of ether oxygens (including phenoxy) is 1. The standard InChI is InChI=1S/C27H28N2O5/c1-19(2)16-24(27(32)34-18-20-10-5-3-6-11-20)29-26(31)23(17-22-14-9-15-33-22)28-25(30)21-12-7-4-8-13-21/h3-15,17,19,24H,16,18H2,1-2H3,(H,28,30)(H,29,31)/b23-17+/t24-/m0/s1. The molecule has 7 nitrogen and oxygen atoms in total. The van der Waals surface area contributed by atoms with Gasteiger partial charge in [-0.25, -0.2) is 4.79 Å². The topological polar surface area (TPSA) is 97.6 Å². The predicted octanol–water partition coefficient (Wildman–Crippen LogP) is 4.32. The number of rotatable bonds is 10. The molecule has 3 rings (SSSR count). The second kappa shape index (κ2) is 12.2. The fraction of sp³-hybridized carbons (Fsp3) is 0.222. The van der Waals surface area contributed by atoms with E-state index in [0.29, 0.717) is 17.7 Å². The average Bonchev–Trinajstić information content (AvgIpc) is 3.35. The number of esters is 1. The monoisotopic (exact) mass is 460 g/mol. The van der Waals surface area contributed by atoms with Gasteiger partial charge in [0.2, 0.25) is 0 Å². The van der Waals surface area contributed by atoms with Gasteiger partial charge in [0.05, 0.1) is 6.26 Å². The fourth-order valence-corrected chi connectivity index (χ4v) is 3.21. The highest BCUT2D eigenvalue weighted by Crippen LogP contribution is 2.12. The van der Waals surface area contributed by atoms with Crippen LogP contribution in [0.2, 0.25) is 0 Å². The lowest BCUT2D eigenvalue weighted by molar-refractivity contribution is -0.149. The third kappa shape index (κ3) is 7.48. The highest BCUT2D eigenvalue weighted by atomic mass is 16.5. The van der Waals surface area contributed by atoms with Crippen molar-refractivity contribution in [3.63, 3.8) is 0 Å². The Labute approximate surface area is 198 Å². The van der Waals surface area contributed by atoms with Crippen molar-refractivity contribution in [1.82, 2.24) is 10.6 Å². The number of benzene rings is 2. The Morgan fingerprint density at radius 2 is 1.62 bits per heavy atom. The summed E-state index contributed by atoms with van der Waals surface area (Å²) in [5.41, 5.74) is 1.19. The summed E-state index contributed by atoms with van der Waals surface area (Å²) in [6.07, 6.45) is 3.25. The summed E-state index contributed by atoms with van der Waals surface area (Å²) in [5, 5.41) is 5.34. The van der Waals surface area contributed by atoms with Crippen LogP contribution in [0.15, 0.2) is 89.2 Å². The first-order chi connectivity index (χ1) is 16.4. The molecule has 34 heavy (non-hydrogen) atoms. The summed E-state index contributed by atoms with van der Waals surface area (Å²) in [7, 11) is 0. The third-order valence-electron chi connectivity index (χ3n) is 4.88. The van der Waals surface area contributed by atoms with Gasteiger partial charge in [-0.2, -0.15) is 0 Å². The molecule has 176 valence electrons. The fourth-order valence-electron chi connectivity index (χ4n) is 3.21. The second-order valence-corrected chi connectivity index (χ2v) is 8.14. The SMILES string of the molecule is CC(C)C[C@H](NC(=O)/C(=C\c1ccco1)NC(=O)c1ccccc1)C(=O)OCc1ccccc1. The number of hydrogen-bond acceptors (Lipinski definition) is 5. The van der Waals surface area contributed by atoms with Crippen molar-refractivity contribution >= 4 is 23.9 Å². The maximum absolute atomic E-state index is 13.2. The maximum atomic E-state index is 13.2. The van der Waals surface area contributed by atoms with Crippen LogP contribution in [0.3, 0.4) is 0 Å². The zero-order valence-electron chi connectivity index (χ0n) is 19.2. The molecular weight excluding hydrogens is 432 g/mol. The van der Waals surface area contributed by atoms with Crippen LogP contribution in [-0.2, 0) is 20.9 Å². The second-order valence-electron chi connectivity index (χ2n) is 8.14. The molecule has 0 bridgehead atoms. The van der Waals surface area contributed by atoms with Gasteiger partial charge in [-0.05, 0) is 42.2 Å². The number of amides is 2. The Bertz CT molecular complexity index is 1110. The lowest BCUT2D eigenvalue weighted by atomic mass is 10.0. The average molecular weight is 461 g/mol. The Hall–Kier alpha value is -4.13. The Morgan fingerprint density at radius 3 is 2.24 bits per heavy atom. The minimum absolute atomic E-state index is 0.0478. The van der Waals surface area contributed by atoms with Gasteiger partial charge in [0.1, 0.15) is 24.1 Å². The van der Waals surface area contributed by atoms with E-state index in [9.17, 15) is 14.4 Å². The van der Waals surface area contributed by atoms with Crippen molar-refractivity contribution in [1.29, 1.82) is 0 Å².